The number of hydrogen-bond donors (Lipinski definition) is 3. The number of aliphatic hydroxyl groups is 1. The summed E-state index contributed by atoms with van der Waals surface area (Å²) >= 11 is 0. The van der Waals surface area contributed by atoms with Gasteiger partial charge in [-0.3, -0.25) is 0 Å². The number of carbonyl (C=O) groups is 1. The number of nitrogens with one attached hydrogen (secondary N) is 2. The minimum absolute atomic E-state index is 0.174. The molecule has 1 aromatic rings. The third kappa shape index (κ3) is 4.82. The lowest BCUT2D eigenvalue weighted by molar-refractivity contribution is 0.213. The molecule has 21 heavy (non-hydrogen) atoms. The predicted molar refractivity (Wildman–Crippen MR) is 76.7 cm³/mol. The summed E-state index contributed by atoms with van der Waals surface area (Å²) in [6, 6.07) is 1.91. The van der Waals surface area contributed by atoms with Crippen molar-refractivity contribution < 1.29 is 18.7 Å². The Labute approximate surface area is 122 Å². The number of halogens is 2. The first-order chi connectivity index (χ1) is 9.88. The predicted octanol–water partition coefficient (Wildman–Crippen LogP) is 2.65. The Balaban J connectivity index is 2.85. The second-order valence-electron chi connectivity index (χ2n) is 4.86. The minimum Gasteiger partial charge on any atom is -0.394 e. The molecule has 1 aromatic carbocycles. The van der Waals surface area contributed by atoms with Gasteiger partial charge in [0.15, 0.2) is 11.6 Å². The molecule has 0 aliphatic rings. The van der Waals surface area contributed by atoms with E-state index < -0.39 is 23.7 Å². The number of benzene rings is 1. The van der Waals surface area contributed by atoms with Crippen molar-refractivity contribution in [2.75, 3.05) is 6.61 Å². The zero-order valence-electron chi connectivity index (χ0n) is 12.1. The van der Waals surface area contributed by atoms with Crippen molar-refractivity contribution in [2.45, 2.75) is 32.4 Å². The highest BCUT2D eigenvalue weighted by Crippen LogP contribution is 2.22. The van der Waals surface area contributed by atoms with Crippen LogP contribution in [0.5, 0.6) is 0 Å². The summed E-state index contributed by atoms with van der Waals surface area (Å²) in [6.45, 7) is 7.08. The van der Waals surface area contributed by atoms with Gasteiger partial charge in [0, 0.05) is 0 Å². The fourth-order valence-electron chi connectivity index (χ4n) is 1.82. The molecule has 0 aromatic heterocycles. The van der Waals surface area contributed by atoms with Crippen molar-refractivity contribution in [3.8, 4) is 0 Å². The first-order valence-electron chi connectivity index (χ1n) is 6.67. The van der Waals surface area contributed by atoms with Gasteiger partial charge in [-0.15, -0.1) is 0 Å². The third-order valence-electron chi connectivity index (χ3n) is 3.09. The number of rotatable bonds is 6. The van der Waals surface area contributed by atoms with Crippen LogP contribution in [-0.4, -0.2) is 23.8 Å². The molecule has 0 heterocycles. The van der Waals surface area contributed by atoms with Crippen molar-refractivity contribution in [3.05, 3.63) is 47.5 Å². The highest BCUT2D eigenvalue weighted by molar-refractivity contribution is 5.75. The van der Waals surface area contributed by atoms with Crippen molar-refractivity contribution in [1.82, 2.24) is 10.6 Å². The molecule has 6 heteroatoms. The average molecular weight is 298 g/mol. The lowest BCUT2D eigenvalue weighted by Crippen LogP contribution is -2.45. The lowest BCUT2D eigenvalue weighted by Gasteiger charge is -2.22. The molecule has 0 bridgehead atoms. The van der Waals surface area contributed by atoms with Crippen molar-refractivity contribution in [3.63, 3.8) is 0 Å². The van der Waals surface area contributed by atoms with Gasteiger partial charge in [0.05, 0.1) is 18.7 Å². The van der Waals surface area contributed by atoms with E-state index >= 15 is 0 Å². The van der Waals surface area contributed by atoms with E-state index in [2.05, 4.69) is 17.2 Å². The monoisotopic (exact) mass is 298 g/mol. The Hall–Kier alpha value is -1.95. The summed E-state index contributed by atoms with van der Waals surface area (Å²) in [5, 5.41) is 14.3. The molecule has 0 spiro atoms. The molecule has 0 saturated heterocycles. The summed E-state index contributed by atoms with van der Waals surface area (Å²) in [5.74, 6) is -1.93. The maximum absolute atomic E-state index is 13.3. The second kappa shape index (κ2) is 7.73. The normalized spacial score (nSPS) is 13.4. The van der Waals surface area contributed by atoms with Gasteiger partial charge in [0.1, 0.15) is 0 Å². The van der Waals surface area contributed by atoms with E-state index in [1.165, 1.54) is 6.07 Å². The lowest BCUT2D eigenvalue weighted by atomic mass is 10.0. The number of amides is 2. The smallest absolute Gasteiger partial charge is 0.315 e. The first kappa shape index (κ1) is 17.1. The van der Waals surface area contributed by atoms with E-state index in [9.17, 15) is 13.6 Å². The Bertz CT molecular complexity index is 516. The fourth-order valence-corrected chi connectivity index (χ4v) is 1.82. The molecule has 4 nitrogen and oxygen atoms in total. The molecule has 3 N–H and O–H groups in total. The van der Waals surface area contributed by atoms with Gasteiger partial charge in [-0.2, -0.15) is 0 Å². The molecular weight excluding hydrogens is 278 g/mol. The van der Waals surface area contributed by atoms with E-state index in [1.54, 1.807) is 6.92 Å². The van der Waals surface area contributed by atoms with Gasteiger partial charge in [0.25, 0.3) is 0 Å². The second-order valence-corrected chi connectivity index (χ2v) is 4.86. The van der Waals surface area contributed by atoms with Crippen molar-refractivity contribution >= 4 is 6.03 Å². The first-order valence-corrected chi connectivity index (χ1v) is 6.67. The minimum atomic E-state index is -0.984. The Kier molecular flexibility index (Phi) is 6.30. The molecular formula is C15H20F2N2O2. The summed E-state index contributed by atoms with van der Waals surface area (Å²) < 4.78 is 26.3. The van der Waals surface area contributed by atoms with Crippen LogP contribution in [0.2, 0.25) is 0 Å². The van der Waals surface area contributed by atoms with Crippen LogP contribution in [0.1, 0.15) is 31.9 Å². The van der Waals surface area contributed by atoms with E-state index in [-0.39, 0.29) is 12.6 Å². The molecule has 0 aliphatic heterocycles. The van der Waals surface area contributed by atoms with E-state index in [0.717, 1.165) is 12.1 Å². The summed E-state index contributed by atoms with van der Waals surface area (Å²) in [5.41, 5.74) is 0.974. The van der Waals surface area contributed by atoms with Gasteiger partial charge in [-0.25, -0.2) is 13.6 Å². The van der Waals surface area contributed by atoms with E-state index in [4.69, 9.17) is 5.11 Å². The van der Waals surface area contributed by atoms with Crippen molar-refractivity contribution in [2.24, 2.45) is 0 Å². The number of carbonyl (C=O) groups excluding carboxylic acids is 1. The van der Waals surface area contributed by atoms with Crippen LogP contribution in [0.15, 0.2) is 30.4 Å². The zero-order valence-corrected chi connectivity index (χ0v) is 12.1. The molecule has 116 valence electrons. The van der Waals surface area contributed by atoms with Crippen LogP contribution < -0.4 is 10.6 Å². The third-order valence-corrected chi connectivity index (χ3v) is 3.09. The molecule has 1 rings (SSSR count). The Morgan fingerprint density at radius 2 is 2.00 bits per heavy atom. The molecule has 0 radical (unpaired) electrons. The number of aliphatic hydroxyl groups excluding tert-OH is 1. The largest absolute Gasteiger partial charge is 0.394 e. The fraction of sp³-hybridized carbons (Fsp3) is 0.400. The van der Waals surface area contributed by atoms with Crippen LogP contribution in [0.25, 0.3) is 0 Å². The molecule has 0 aliphatic carbocycles. The van der Waals surface area contributed by atoms with Gasteiger partial charge in [-0.1, -0.05) is 25.1 Å². The topological polar surface area (TPSA) is 61.4 Å². The van der Waals surface area contributed by atoms with E-state index in [1.807, 2.05) is 6.92 Å². The van der Waals surface area contributed by atoms with Gasteiger partial charge < -0.3 is 15.7 Å². The molecule has 2 amide bonds. The highest BCUT2D eigenvalue weighted by atomic mass is 19.2. The number of urea groups is 1. The molecule has 0 fully saturated rings. The van der Waals surface area contributed by atoms with Crippen LogP contribution in [-0.2, 0) is 0 Å². The van der Waals surface area contributed by atoms with Crippen LogP contribution in [0.3, 0.4) is 0 Å². The summed E-state index contributed by atoms with van der Waals surface area (Å²) in [6.07, 6.45) is 0.576. The zero-order chi connectivity index (χ0) is 16.0. The highest BCUT2D eigenvalue weighted by Gasteiger charge is 2.18. The molecule has 2 atom stereocenters. The average Bonchev–Trinajstić information content (AvgIpc) is 2.45. The van der Waals surface area contributed by atoms with E-state index in [0.29, 0.717) is 17.6 Å². The van der Waals surface area contributed by atoms with Gasteiger partial charge in [0.2, 0.25) is 0 Å². The van der Waals surface area contributed by atoms with Crippen LogP contribution >= 0.6 is 0 Å². The molecule has 0 saturated carbocycles. The molecule has 0 unspecified atom stereocenters. The SMILES string of the molecule is C=C(C)[C@H](NC(=O)N[C@H](CC)CO)c1ccc(F)c(F)c1. The summed E-state index contributed by atoms with van der Waals surface area (Å²) in [7, 11) is 0. The maximum atomic E-state index is 13.3. The Morgan fingerprint density at radius 3 is 2.48 bits per heavy atom. The standard InChI is InChI=1S/C15H20F2N2O2/c1-4-11(8-20)18-15(21)19-14(9(2)3)10-5-6-12(16)13(17)7-10/h5-7,11,14,20H,2,4,8H2,1,3H3,(H2,18,19,21)/t11-,14+/m1/s1. The van der Waals surface area contributed by atoms with Gasteiger partial charge >= 0.3 is 6.03 Å². The Morgan fingerprint density at radius 1 is 1.33 bits per heavy atom. The van der Waals surface area contributed by atoms with Crippen molar-refractivity contribution in [1.29, 1.82) is 0 Å². The summed E-state index contributed by atoms with van der Waals surface area (Å²) in [4.78, 5) is 11.9. The quantitative estimate of drug-likeness (QED) is 0.707. The van der Waals surface area contributed by atoms with Crippen LogP contribution in [0, 0.1) is 11.6 Å². The number of hydrogen-bond acceptors (Lipinski definition) is 2. The van der Waals surface area contributed by atoms with Gasteiger partial charge in [-0.05, 0) is 31.0 Å². The van der Waals surface area contributed by atoms with Crippen LogP contribution in [0.4, 0.5) is 13.6 Å². The maximum Gasteiger partial charge on any atom is 0.315 e.